The molecule has 56 heavy (non-hydrogen) atoms. The molecule has 0 bridgehead atoms. The first-order valence-electron chi connectivity index (χ1n) is 18.6. The lowest BCUT2D eigenvalue weighted by Gasteiger charge is -2.15. The summed E-state index contributed by atoms with van der Waals surface area (Å²) in [7, 11) is 0. The predicted molar refractivity (Wildman–Crippen MR) is 225 cm³/mol. The Balaban J connectivity index is 1.14. The highest BCUT2D eigenvalue weighted by Gasteiger charge is 2.21. The Labute approximate surface area is 321 Å². The van der Waals surface area contributed by atoms with Crippen LogP contribution in [0.4, 0.5) is 0 Å². The second-order valence-electron chi connectivity index (χ2n) is 13.8. The van der Waals surface area contributed by atoms with Crippen molar-refractivity contribution in [2.24, 2.45) is 0 Å². The van der Waals surface area contributed by atoms with E-state index in [0.29, 0.717) is 23.4 Å². The highest BCUT2D eigenvalue weighted by atomic mass is 16.3. The number of hydrogen-bond acceptors (Lipinski definition) is 6. The van der Waals surface area contributed by atoms with Crippen molar-refractivity contribution in [3.63, 3.8) is 0 Å². The maximum atomic E-state index is 6.58. The van der Waals surface area contributed by atoms with E-state index < -0.39 is 0 Å². The average molecular weight is 719 g/mol. The average Bonchev–Trinajstić information content (AvgIpc) is 3.89. The lowest BCUT2D eigenvalue weighted by molar-refractivity contribution is 0.623. The van der Waals surface area contributed by atoms with Gasteiger partial charge in [0, 0.05) is 38.4 Å². The summed E-state index contributed by atoms with van der Waals surface area (Å²) in [4.78, 5) is 20.6. The molecule has 0 N–H and O–H groups in total. The summed E-state index contributed by atoms with van der Waals surface area (Å²) in [6.07, 6.45) is 0. The first-order valence-corrected chi connectivity index (χ1v) is 18.6. The molecule has 0 fully saturated rings. The van der Waals surface area contributed by atoms with Gasteiger partial charge in [0.15, 0.2) is 23.1 Å². The minimum Gasteiger partial charge on any atom is -0.456 e. The van der Waals surface area contributed by atoms with E-state index in [1.165, 1.54) is 0 Å². The Bertz CT molecular complexity index is 3260. The summed E-state index contributed by atoms with van der Waals surface area (Å²) in [6, 6.07) is 61.7. The van der Waals surface area contributed by atoms with Gasteiger partial charge in [-0.1, -0.05) is 146 Å². The fraction of sp³-hybridized carbons (Fsp3) is 0. The maximum absolute atomic E-state index is 6.58. The fourth-order valence-electron chi connectivity index (χ4n) is 7.76. The molecule has 0 saturated carbocycles. The van der Waals surface area contributed by atoms with Crippen LogP contribution in [0.2, 0.25) is 0 Å². The zero-order valence-electron chi connectivity index (χ0n) is 29.9. The number of oxazole rings is 1. The molecule has 0 amide bonds. The van der Waals surface area contributed by atoms with Gasteiger partial charge in [0.25, 0.3) is 0 Å². The van der Waals surface area contributed by atoms with Crippen molar-refractivity contribution >= 4 is 43.8 Å². The summed E-state index contributed by atoms with van der Waals surface area (Å²) in [5, 5.41) is 4.15. The highest BCUT2D eigenvalue weighted by Crippen LogP contribution is 2.41. The summed E-state index contributed by atoms with van der Waals surface area (Å²) in [5.41, 5.74) is 10.8. The number of rotatable bonds is 6. The van der Waals surface area contributed by atoms with Crippen LogP contribution in [0.1, 0.15) is 0 Å². The molecule has 3 heterocycles. The van der Waals surface area contributed by atoms with E-state index in [1.807, 2.05) is 97.1 Å². The zero-order chi connectivity index (χ0) is 37.0. The number of hydrogen-bond donors (Lipinski definition) is 0. The molecule has 3 aromatic heterocycles. The third kappa shape index (κ3) is 5.35. The van der Waals surface area contributed by atoms with E-state index in [1.54, 1.807) is 0 Å². The third-order valence-corrected chi connectivity index (χ3v) is 10.4. The van der Waals surface area contributed by atoms with Gasteiger partial charge in [-0.05, 0) is 64.0 Å². The van der Waals surface area contributed by atoms with Crippen LogP contribution >= 0.6 is 0 Å². The van der Waals surface area contributed by atoms with Gasteiger partial charge in [-0.25, -0.2) is 19.9 Å². The normalized spacial score (nSPS) is 11.6. The van der Waals surface area contributed by atoms with Gasteiger partial charge in [-0.2, -0.15) is 0 Å². The van der Waals surface area contributed by atoms with Gasteiger partial charge >= 0.3 is 0 Å². The van der Waals surface area contributed by atoms with Crippen molar-refractivity contribution in [2.75, 3.05) is 0 Å². The van der Waals surface area contributed by atoms with E-state index >= 15 is 0 Å². The Morgan fingerprint density at radius 2 is 0.946 bits per heavy atom. The Hall–Kier alpha value is -7.70. The number of furan rings is 1. The van der Waals surface area contributed by atoms with Crippen LogP contribution in [0.5, 0.6) is 0 Å². The highest BCUT2D eigenvalue weighted by molar-refractivity contribution is 6.12. The number of benzene rings is 8. The first kappa shape index (κ1) is 31.8. The van der Waals surface area contributed by atoms with Crippen LogP contribution in [0.15, 0.2) is 191 Å². The van der Waals surface area contributed by atoms with Crippen LogP contribution in [-0.4, -0.2) is 19.9 Å². The first-order chi connectivity index (χ1) is 27.7. The van der Waals surface area contributed by atoms with E-state index in [0.717, 1.165) is 88.3 Å². The molecule has 0 radical (unpaired) electrons. The minimum atomic E-state index is 0.549. The predicted octanol–water partition coefficient (Wildman–Crippen LogP) is 13.1. The molecule has 8 aromatic carbocycles. The second-order valence-corrected chi connectivity index (χ2v) is 13.8. The summed E-state index contributed by atoms with van der Waals surface area (Å²) < 4.78 is 12.9. The molecule has 0 aliphatic heterocycles. The topological polar surface area (TPSA) is 77.8 Å². The van der Waals surface area contributed by atoms with Gasteiger partial charge in [0.1, 0.15) is 16.7 Å². The third-order valence-electron chi connectivity index (χ3n) is 10.4. The molecule has 262 valence electrons. The van der Waals surface area contributed by atoms with Crippen LogP contribution < -0.4 is 0 Å². The lowest BCUT2D eigenvalue weighted by Crippen LogP contribution is -2.02. The molecular weight excluding hydrogens is 689 g/mol. The summed E-state index contributed by atoms with van der Waals surface area (Å²) in [5.74, 6) is 2.27. The number of aromatic nitrogens is 4. The molecule has 11 rings (SSSR count). The SMILES string of the molecule is c1ccc(-c2nc3ccc4cccc(-c5ccccc5-c5nc(-c6ccc7c(c6)oc6ccccc67)nc(-c6ccccc6-c6ccccc6)n5)c4c3o2)cc1. The molecule has 0 atom stereocenters. The number of nitrogens with zero attached hydrogens (tertiary/aromatic N) is 4. The van der Waals surface area contributed by atoms with E-state index in [9.17, 15) is 0 Å². The van der Waals surface area contributed by atoms with Crippen molar-refractivity contribution in [3.8, 4) is 67.9 Å². The van der Waals surface area contributed by atoms with Gasteiger partial charge < -0.3 is 8.83 Å². The maximum Gasteiger partial charge on any atom is 0.227 e. The van der Waals surface area contributed by atoms with Gasteiger partial charge in [-0.3, -0.25) is 0 Å². The fourth-order valence-corrected chi connectivity index (χ4v) is 7.76. The van der Waals surface area contributed by atoms with Gasteiger partial charge in [0.2, 0.25) is 5.89 Å². The minimum absolute atomic E-state index is 0.549. The van der Waals surface area contributed by atoms with Crippen LogP contribution in [0.25, 0.3) is 112 Å². The van der Waals surface area contributed by atoms with Crippen LogP contribution in [-0.2, 0) is 0 Å². The molecular formula is C50H30N4O2. The van der Waals surface area contributed by atoms with Crippen LogP contribution in [0, 0.1) is 0 Å². The van der Waals surface area contributed by atoms with E-state index in [4.69, 9.17) is 28.8 Å². The van der Waals surface area contributed by atoms with Gasteiger partial charge in [-0.15, -0.1) is 0 Å². The van der Waals surface area contributed by atoms with E-state index in [2.05, 4.69) is 84.9 Å². The molecule has 6 heteroatoms. The van der Waals surface area contributed by atoms with Crippen molar-refractivity contribution in [1.82, 2.24) is 19.9 Å². The van der Waals surface area contributed by atoms with Gasteiger partial charge in [0.05, 0.1) is 0 Å². The molecule has 0 saturated heterocycles. The molecule has 0 aliphatic carbocycles. The van der Waals surface area contributed by atoms with Crippen molar-refractivity contribution in [3.05, 3.63) is 182 Å². The Morgan fingerprint density at radius 3 is 1.73 bits per heavy atom. The summed E-state index contributed by atoms with van der Waals surface area (Å²) in [6.45, 7) is 0. The van der Waals surface area contributed by atoms with Crippen molar-refractivity contribution < 1.29 is 8.83 Å². The lowest BCUT2D eigenvalue weighted by atomic mass is 9.93. The molecule has 6 nitrogen and oxygen atoms in total. The molecule has 0 aliphatic rings. The zero-order valence-corrected chi connectivity index (χ0v) is 29.9. The Kier molecular flexibility index (Phi) is 7.38. The molecule has 11 aromatic rings. The van der Waals surface area contributed by atoms with E-state index in [-0.39, 0.29) is 0 Å². The van der Waals surface area contributed by atoms with Crippen LogP contribution in [0.3, 0.4) is 0 Å². The quantitative estimate of drug-likeness (QED) is 0.170. The summed E-state index contributed by atoms with van der Waals surface area (Å²) >= 11 is 0. The monoisotopic (exact) mass is 718 g/mol. The largest absolute Gasteiger partial charge is 0.456 e. The second kappa shape index (κ2) is 13.0. The molecule has 0 unspecified atom stereocenters. The van der Waals surface area contributed by atoms with Crippen molar-refractivity contribution in [1.29, 1.82) is 0 Å². The smallest absolute Gasteiger partial charge is 0.227 e. The number of para-hydroxylation sites is 1. The molecule has 0 spiro atoms. The standard InChI is InChI=1S/C50H30N4O2/c1-3-14-31(15-4-1)35-19-7-9-22-40(35)48-52-47(34-26-28-38-37-21-11-12-25-43(37)55-44(38)30-34)53-49(54-48)41-23-10-8-20-36(41)39-24-13-18-32-27-29-42-46(45(32)39)56-50(51-42)33-16-5-2-6-17-33/h1-30H. The Morgan fingerprint density at radius 1 is 0.339 bits per heavy atom. The van der Waals surface area contributed by atoms with Crippen molar-refractivity contribution in [2.45, 2.75) is 0 Å². The number of fused-ring (bicyclic) bond motifs is 6.